The molecule has 0 saturated heterocycles. The summed E-state index contributed by atoms with van der Waals surface area (Å²) in [4.78, 5) is 3.87. The molecule has 0 aliphatic carbocycles. The molecular weight excluding hydrogens is 266 g/mol. The highest BCUT2D eigenvalue weighted by Crippen LogP contribution is 2.17. The SMILES string of the molecule is CCn1cnc(S(=O)(=O)Nc2cc(C(C)C)[nH]n2)c1. The molecule has 8 heteroatoms. The molecule has 2 aromatic heterocycles. The fraction of sp³-hybridized carbons (Fsp3) is 0.455. The second kappa shape index (κ2) is 5.04. The molecule has 104 valence electrons. The number of aromatic amines is 1. The van der Waals surface area contributed by atoms with Gasteiger partial charge < -0.3 is 4.57 Å². The van der Waals surface area contributed by atoms with Crippen LogP contribution in [0.2, 0.25) is 0 Å². The van der Waals surface area contributed by atoms with E-state index < -0.39 is 10.0 Å². The van der Waals surface area contributed by atoms with Crippen molar-refractivity contribution in [3.8, 4) is 0 Å². The number of hydrogen-bond acceptors (Lipinski definition) is 4. The first-order chi connectivity index (χ1) is 8.92. The first-order valence-corrected chi connectivity index (χ1v) is 7.50. The van der Waals surface area contributed by atoms with Gasteiger partial charge in [0.1, 0.15) is 0 Å². The number of sulfonamides is 1. The Morgan fingerprint density at radius 1 is 1.47 bits per heavy atom. The number of nitrogens with zero attached hydrogens (tertiary/aromatic N) is 3. The van der Waals surface area contributed by atoms with Crippen molar-refractivity contribution in [3.05, 3.63) is 24.3 Å². The van der Waals surface area contributed by atoms with E-state index in [1.54, 1.807) is 10.6 Å². The van der Waals surface area contributed by atoms with Crippen LogP contribution in [0.4, 0.5) is 5.82 Å². The summed E-state index contributed by atoms with van der Waals surface area (Å²) in [6, 6.07) is 1.68. The van der Waals surface area contributed by atoms with Gasteiger partial charge in [-0.25, -0.2) is 4.98 Å². The van der Waals surface area contributed by atoms with Gasteiger partial charge in [-0.05, 0) is 12.8 Å². The molecule has 7 nitrogen and oxygen atoms in total. The van der Waals surface area contributed by atoms with E-state index in [-0.39, 0.29) is 16.8 Å². The second-order valence-electron chi connectivity index (χ2n) is 4.51. The van der Waals surface area contributed by atoms with Crippen LogP contribution in [0.1, 0.15) is 32.4 Å². The predicted octanol–water partition coefficient (Wildman–Crippen LogP) is 1.55. The van der Waals surface area contributed by atoms with Gasteiger partial charge in [-0.2, -0.15) is 13.5 Å². The molecule has 0 aliphatic rings. The molecule has 0 unspecified atom stereocenters. The van der Waals surface area contributed by atoms with Gasteiger partial charge in [-0.1, -0.05) is 13.8 Å². The van der Waals surface area contributed by atoms with E-state index in [1.807, 2.05) is 20.8 Å². The van der Waals surface area contributed by atoms with Gasteiger partial charge in [0, 0.05) is 24.5 Å². The summed E-state index contributed by atoms with van der Waals surface area (Å²) in [7, 11) is -3.68. The first kappa shape index (κ1) is 13.6. The Morgan fingerprint density at radius 2 is 2.21 bits per heavy atom. The van der Waals surface area contributed by atoms with E-state index in [4.69, 9.17) is 0 Å². The lowest BCUT2D eigenvalue weighted by Crippen LogP contribution is -2.13. The maximum absolute atomic E-state index is 12.1. The zero-order valence-electron chi connectivity index (χ0n) is 11.1. The van der Waals surface area contributed by atoms with Gasteiger partial charge >= 0.3 is 0 Å². The van der Waals surface area contributed by atoms with E-state index in [2.05, 4.69) is 19.9 Å². The number of hydrogen-bond donors (Lipinski definition) is 2. The van der Waals surface area contributed by atoms with Crippen LogP contribution in [0.25, 0.3) is 0 Å². The molecule has 0 atom stereocenters. The minimum atomic E-state index is -3.68. The summed E-state index contributed by atoms with van der Waals surface area (Å²) >= 11 is 0. The Morgan fingerprint density at radius 3 is 2.74 bits per heavy atom. The Bertz CT molecular complexity index is 656. The molecule has 2 heterocycles. The molecule has 0 radical (unpaired) electrons. The topological polar surface area (TPSA) is 92.7 Å². The summed E-state index contributed by atoms with van der Waals surface area (Å²) in [5.74, 6) is 0.528. The number of imidazole rings is 1. The van der Waals surface area contributed by atoms with Crippen molar-refractivity contribution >= 4 is 15.8 Å². The maximum atomic E-state index is 12.1. The van der Waals surface area contributed by atoms with Crippen LogP contribution in [-0.4, -0.2) is 28.2 Å². The Hall–Kier alpha value is -1.83. The molecule has 0 aliphatic heterocycles. The highest BCUT2D eigenvalue weighted by Gasteiger charge is 2.19. The molecule has 2 rings (SSSR count). The van der Waals surface area contributed by atoms with Gasteiger partial charge in [-0.3, -0.25) is 9.82 Å². The molecule has 2 aromatic rings. The van der Waals surface area contributed by atoms with Crippen LogP contribution in [0.15, 0.2) is 23.6 Å². The van der Waals surface area contributed by atoms with Crippen LogP contribution in [0.5, 0.6) is 0 Å². The number of anilines is 1. The quantitative estimate of drug-likeness (QED) is 0.870. The van der Waals surface area contributed by atoms with Crippen molar-refractivity contribution in [2.24, 2.45) is 0 Å². The first-order valence-electron chi connectivity index (χ1n) is 6.02. The van der Waals surface area contributed by atoms with Crippen LogP contribution in [0, 0.1) is 0 Å². The predicted molar refractivity (Wildman–Crippen MR) is 71.4 cm³/mol. The van der Waals surface area contributed by atoms with Crippen molar-refractivity contribution in [2.45, 2.75) is 38.3 Å². The largest absolute Gasteiger partial charge is 0.336 e. The molecule has 0 saturated carbocycles. The van der Waals surface area contributed by atoms with Crippen LogP contribution in [-0.2, 0) is 16.6 Å². The smallest absolute Gasteiger partial charge is 0.282 e. The van der Waals surface area contributed by atoms with E-state index in [1.165, 1.54) is 12.5 Å². The zero-order valence-corrected chi connectivity index (χ0v) is 11.9. The minimum Gasteiger partial charge on any atom is -0.336 e. The third kappa shape index (κ3) is 2.95. The third-order valence-corrected chi connectivity index (χ3v) is 3.95. The van der Waals surface area contributed by atoms with E-state index in [0.717, 1.165) is 5.69 Å². The highest BCUT2D eigenvalue weighted by atomic mass is 32.2. The molecular formula is C11H17N5O2S. The van der Waals surface area contributed by atoms with Crippen LogP contribution in [0.3, 0.4) is 0 Å². The Labute approximate surface area is 112 Å². The molecule has 0 spiro atoms. The zero-order chi connectivity index (χ0) is 14.0. The fourth-order valence-corrected chi connectivity index (χ4v) is 2.47. The molecule has 0 amide bonds. The van der Waals surface area contributed by atoms with E-state index in [9.17, 15) is 8.42 Å². The van der Waals surface area contributed by atoms with Crippen molar-refractivity contribution in [1.82, 2.24) is 19.7 Å². The summed E-state index contributed by atoms with van der Waals surface area (Å²) in [5.41, 5.74) is 0.872. The number of nitrogens with one attached hydrogen (secondary N) is 2. The van der Waals surface area contributed by atoms with Gasteiger partial charge in [0.2, 0.25) is 0 Å². The van der Waals surface area contributed by atoms with E-state index in [0.29, 0.717) is 6.54 Å². The van der Waals surface area contributed by atoms with Gasteiger partial charge in [0.05, 0.1) is 6.33 Å². The second-order valence-corrected chi connectivity index (χ2v) is 6.14. The lowest BCUT2D eigenvalue weighted by molar-refractivity contribution is 0.597. The molecule has 0 aromatic carbocycles. The molecule has 2 N–H and O–H groups in total. The molecule has 0 fully saturated rings. The summed E-state index contributed by atoms with van der Waals surface area (Å²) in [5, 5.41) is 6.71. The third-order valence-electron chi connectivity index (χ3n) is 2.71. The molecule has 0 bridgehead atoms. The summed E-state index contributed by atoms with van der Waals surface area (Å²) in [6.45, 7) is 6.57. The van der Waals surface area contributed by atoms with E-state index >= 15 is 0 Å². The number of rotatable bonds is 5. The van der Waals surface area contributed by atoms with Crippen molar-refractivity contribution in [3.63, 3.8) is 0 Å². The van der Waals surface area contributed by atoms with Crippen LogP contribution >= 0.6 is 0 Å². The van der Waals surface area contributed by atoms with Gasteiger partial charge in [0.25, 0.3) is 10.0 Å². The molecule has 19 heavy (non-hydrogen) atoms. The van der Waals surface area contributed by atoms with Crippen molar-refractivity contribution in [1.29, 1.82) is 0 Å². The Balaban J connectivity index is 2.20. The number of aromatic nitrogens is 4. The van der Waals surface area contributed by atoms with Crippen molar-refractivity contribution < 1.29 is 8.42 Å². The number of aryl methyl sites for hydroxylation is 1. The normalized spacial score (nSPS) is 12.0. The lowest BCUT2D eigenvalue weighted by atomic mass is 10.1. The Kier molecular flexibility index (Phi) is 3.61. The highest BCUT2D eigenvalue weighted by molar-refractivity contribution is 7.92. The number of H-pyrrole nitrogens is 1. The summed E-state index contributed by atoms with van der Waals surface area (Å²) in [6.07, 6.45) is 2.97. The average molecular weight is 283 g/mol. The van der Waals surface area contributed by atoms with Crippen LogP contribution < -0.4 is 4.72 Å². The lowest BCUT2D eigenvalue weighted by Gasteiger charge is -2.01. The average Bonchev–Trinajstić information content (AvgIpc) is 2.96. The van der Waals surface area contributed by atoms with Crippen molar-refractivity contribution in [2.75, 3.05) is 4.72 Å². The minimum absolute atomic E-state index is 0.0107. The maximum Gasteiger partial charge on any atom is 0.282 e. The fourth-order valence-electron chi connectivity index (χ4n) is 1.53. The monoisotopic (exact) mass is 283 g/mol. The standard InChI is InChI=1S/C11H17N5O2S/c1-4-16-6-11(12-7-16)19(17,18)15-10-5-9(8(2)3)13-14-10/h5-8H,4H2,1-3H3,(H2,13,14,15). The van der Waals surface area contributed by atoms with Gasteiger partial charge in [-0.15, -0.1) is 0 Å². The van der Waals surface area contributed by atoms with Gasteiger partial charge in [0.15, 0.2) is 10.8 Å². The summed E-state index contributed by atoms with van der Waals surface area (Å²) < 4.78 is 28.2.